The van der Waals surface area contributed by atoms with Crippen LogP contribution in [0.5, 0.6) is 5.75 Å². The van der Waals surface area contributed by atoms with E-state index in [4.69, 9.17) is 4.74 Å². The summed E-state index contributed by atoms with van der Waals surface area (Å²) >= 11 is 1.16. The zero-order valence-corrected chi connectivity index (χ0v) is 15.4. The van der Waals surface area contributed by atoms with Gasteiger partial charge in [-0.25, -0.2) is 0 Å². The van der Waals surface area contributed by atoms with E-state index < -0.39 is 6.10 Å². The number of nitrogens with zero attached hydrogens (tertiary/aromatic N) is 1. The number of anilines is 1. The van der Waals surface area contributed by atoms with E-state index in [9.17, 15) is 9.59 Å². The van der Waals surface area contributed by atoms with E-state index in [0.29, 0.717) is 11.4 Å². The standard InChI is InChI=1S/C19H20N2O3S/c1-11-5-6-12(2)16(9-11)24-13(3)18(22)20-14-7-8-15-17(10-14)25-19(23)21(15)4/h5-10,13H,1-4H3,(H,20,22)/t13-/m0/s1. The molecule has 0 spiro atoms. The molecule has 1 amide bonds. The highest BCUT2D eigenvalue weighted by Gasteiger charge is 2.16. The fourth-order valence-electron chi connectivity index (χ4n) is 2.53. The Morgan fingerprint density at radius 2 is 1.96 bits per heavy atom. The maximum Gasteiger partial charge on any atom is 0.307 e. The maximum atomic E-state index is 12.4. The van der Waals surface area contributed by atoms with Gasteiger partial charge in [-0.05, 0) is 56.2 Å². The van der Waals surface area contributed by atoms with Crippen LogP contribution >= 0.6 is 11.3 Å². The summed E-state index contributed by atoms with van der Waals surface area (Å²) in [6.45, 7) is 5.65. The van der Waals surface area contributed by atoms with Crippen LogP contribution in [0.2, 0.25) is 0 Å². The average molecular weight is 356 g/mol. The molecular weight excluding hydrogens is 336 g/mol. The fourth-order valence-corrected chi connectivity index (χ4v) is 3.45. The summed E-state index contributed by atoms with van der Waals surface area (Å²) in [5.74, 6) is 0.475. The van der Waals surface area contributed by atoms with Crippen LogP contribution in [-0.2, 0) is 11.8 Å². The van der Waals surface area contributed by atoms with E-state index in [0.717, 1.165) is 32.7 Å². The van der Waals surface area contributed by atoms with E-state index in [1.54, 1.807) is 24.6 Å². The third kappa shape index (κ3) is 3.58. The lowest BCUT2D eigenvalue weighted by Gasteiger charge is -2.16. The molecule has 1 N–H and O–H groups in total. The zero-order valence-electron chi connectivity index (χ0n) is 14.6. The summed E-state index contributed by atoms with van der Waals surface area (Å²) in [5, 5.41) is 2.85. The molecule has 0 aliphatic rings. The smallest absolute Gasteiger partial charge is 0.307 e. The predicted molar refractivity (Wildman–Crippen MR) is 102 cm³/mol. The van der Waals surface area contributed by atoms with Crippen molar-refractivity contribution in [2.45, 2.75) is 26.9 Å². The molecule has 0 unspecified atom stereocenters. The highest BCUT2D eigenvalue weighted by molar-refractivity contribution is 7.16. The van der Waals surface area contributed by atoms with Gasteiger partial charge in [-0.2, -0.15) is 0 Å². The van der Waals surface area contributed by atoms with Crippen molar-refractivity contribution in [3.8, 4) is 5.75 Å². The molecular formula is C19H20N2O3S. The molecule has 0 radical (unpaired) electrons. The normalized spacial score (nSPS) is 12.2. The Kier molecular flexibility index (Phi) is 4.63. The molecule has 0 bridgehead atoms. The van der Waals surface area contributed by atoms with E-state index in [1.165, 1.54) is 0 Å². The fraction of sp³-hybridized carbons (Fsp3) is 0.263. The molecule has 5 nitrogen and oxygen atoms in total. The van der Waals surface area contributed by atoms with Gasteiger partial charge >= 0.3 is 4.87 Å². The van der Waals surface area contributed by atoms with Gasteiger partial charge < -0.3 is 14.6 Å². The third-order valence-electron chi connectivity index (χ3n) is 4.08. The van der Waals surface area contributed by atoms with Crippen LogP contribution in [0, 0.1) is 13.8 Å². The van der Waals surface area contributed by atoms with E-state index >= 15 is 0 Å². The number of ether oxygens (including phenoxy) is 1. The molecule has 3 rings (SSSR count). The number of rotatable bonds is 4. The van der Waals surface area contributed by atoms with Gasteiger partial charge in [-0.3, -0.25) is 9.59 Å². The summed E-state index contributed by atoms with van der Waals surface area (Å²) in [4.78, 5) is 24.1. The molecule has 0 saturated heterocycles. The Morgan fingerprint density at radius 1 is 1.20 bits per heavy atom. The van der Waals surface area contributed by atoms with Crippen molar-refractivity contribution in [2.75, 3.05) is 5.32 Å². The molecule has 0 aliphatic heterocycles. The number of aryl methyl sites for hydroxylation is 3. The first-order chi connectivity index (χ1) is 11.8. The van der Waals surface area contributed by atoms with E-state index in [2.05, 4.69) is 5.32 Å². The van der Waals surface area contributed by atoms with Crippen molar-refractivity contribution < 1.29 is 9.53 Å². The van der Waals surface area contributed by atoms with Crippen LogP contribution in [0.1, 0.15) is 18.1 Å². The molecule has 25 heavy (non-hydrogen) atoms. The Hall–Kier alpha value is -2.60. The van der Waals surface area contributed by atoms with Crippen molar-refractivity contribution in [1.29, 1.82) is 0 Å². The Morgan fingerprint density at radius 3 is 2.72 bits per heavy atom. The van der Waals surface area contributed by atoms with Crippen LogP contribution in [-0.4, -0.2) is 16.6 Å². The van der Waals surface area contributed by atoms with Crippen LogP contribution in [0.15, 0.2) is 41.2 Å². The molecule has 2 aromatic carbocycles. The summed E-state index contributed by atoms with van der Waals surface area (Å²) in [6, 6.07) is 11.3. The lowest BCUT2D eigenvalue weighted by atomic mass is 10.1. The zero-order chi connectivity index (χ0) is 18.1. The summed E-state index contributed by atoms with van der Waals surface area (Å²) in [7, 11) is 1.74. The van der Waals surface area contributed by atoms with Gasteiger partial charge in [0.05, 0.1) is 10.2 Å². The number of hydrogen-bond donors (Lipinski definition) is 1. The van der Waals surface area contributed by atoms with Gasteiger partial charge in [0, 0.05) is 12.7 Å². The number of amides is 1. The highest BCUT2D eigenvalue weighted by atomic mass is 32.1. The number of nitrogens with one attached hydrogen (secondary N) is 1. The van der Waals surface area contributed by atoms with Gasteiger partial charge in [0.2, 0.25) is 0 Å². The monoisotopic (exact) mass is 356 g/mol. The Balaban J connectivity index is 1.75. The lowest BCUT2D eigenvalue weighted by molar-refractivity contribution is -0.122. The number of hydrogen-bond acceptors (Lipinski definition) is 4. The molecule has 0 saturated carbocycles. The molecule has 6 heteroatoms. The van der Waals surface area contributed by atoms with E-state index in [1.807, 2.05) is 44.2 Å². The van der Waals surface area contributed by atoms with Crippen LogP contribution < -0.4 is 14.9 Å². The largest absolute Gasteiger partial charge is 0.481 e. The minimum atomic E-state index is -0.634. The second kappa shape index (κ2) is 6.72. The predicted octanol–water partition coefficient (Wildman–Crippen LogP) is 3.62. The second-order valence-corrected chi connectivity index (χ2v) is 7.12. The summed E-state index contributed by atoms with van der Waals surface area (Å²) < 4.78 is 8.24. The number of carbonyl (C=O) groups is 1. The molecule has 1 atom stereocenters. The van der Waals surface area contributed by atoms with Crippen LogP contribution in [0.4, 0.5) is 5.69 Å². The first kappa shape index (κ1) is 17.2. The van der Waals surface area contributed by atoms with Gasteiger partial charge in [0.1, 0.15) is 5.75 Å². The van der Waals surface area contributed by atoms with Crippen LogP contribution in [0.3, 0.4) is 0 Å². The first-order valence-corrected chi connectivity index (χ1v) is 8.81. The quantitative estimate of drug-likeness (QED) is 0.777. The molecule has 3 aromatic rings. The number of aromatic nitrogens is 1. The molecule has 130 valence electrons. The number of thiazole rings is 1. The summed E-state index contributed by atoms with van der Waals surface area (Å²) in [6.07, 6.45) is -0.634. The SMILES string of the molecule is Cc1ccc(C)c(O[C@@H](C)C(=O)Nc2ccc3c(c2)sc(=O)n3C)c1. The van der Waals surface area contributed by atoms with E-state index in [-0.39, 0.29) is 10.8 Å². The van der Waals surface area contributed by atoms with Crippen molar-refractivity contribution in [1.82, 2.24) is 4.57 Å². The molecule has 0 fully saturated rings. The highest BCUT2D eigenvalue weighted by Crippen LogP contribution is 2.23. The Labute approximate surface area is 149 Å². The number of carbonyl (C=O) groups excluding carboxylic acids is 1. The van der Waals surface area contributed by atoms with Crippen molar-refractivity contribution in [3.05, 3.63) is 57.2 Å². The minimum absolute atomic E-state index is 0.0231. The van der Waals surface area contributed by atoms with Crippen LogP contribution in [0.25, 0.3) is 10.2 Å². The number of fused-ring (bicyclic) bond motifs is 1. The lowest BCUT2D eigenvalue weighted by Crippen LogP contribution is -2.30. The molecule has 1 heterocycles. The maximum absolute atomic E-state index is 12.4. The van der Waals surface area contributed by atoms with Gasteiger partial charge in [-0.1, -0.05) is 23.5 Å². The van der Waals surface area contributed by atoms with Gasteiger partial charge in [0.25, 0.3) is 5.91 Å². The second-order valence-electron chi connectivity index (χ2n) is 6.13. The minimum Gasteiger partial charge on any atom is -0.481 e. The molecule has 1 aromatic heterocycles. The average Bonchev–Trinajstić information content (AvgIpc) is 2.85. The first-order valence-electron chi connectivity index (χ1n) is 7.99. The van der Waals surface area contributed by atoms with Crippen molar-refractivity contribution >= 4 is 33.1 Å². The van der Waals surface area contributed by atoms with Gasteiger partial charge in [0.15, 0.2) is 6.10 Å². The number of benzene rings is 2. The Bertz CT molecular complexity index is 1000. The summed E-state index contributed by atoms with van der Waals surface area (Å²) in [5.41, 5.74) is 3.57. The molecule has 0 aliphatic carbocycles. The third-order valence-corrected chi connectivity index (χ3v) is 5.07. The van der Waals surface area contributed by atoms with Crippen molar-refractivity contribution in [3.63, 3.8) is 0 Å². The van der Waals surface area contributed by atoms with Crippen molar-refractivity contribution in [2.24, 2.45) is 7.05 Å². The van der Waals surface area contributed by atoms with Gasteiger partial charge in [-0.15, -0.1) is 0 Å². The topological polar surface area (TPSA) is 60.3 Å².